The summed E-state index contributed by atoms with van der Waals surface area (Å²) in [5.41, 5.74) is 5.41. The molecule has 148 valence electrons. The van der Waals surface area contributed by atoms with Crippen molar-refractivity contribution in [2.24, 2.45) is 0 Å². The normalized spacial score (nSPS) is 17.6. The molecule has 0 aliphatic carbocycles. The fourth-order valence-electron chi connectivity index (χ4n) is 3.99. The highest BCUT2D eigenvalue weighted by Crippen LogP contribution is 2.48. The number of carbonyl (C=O) groups excluding carboxylic acids is 1. The van der Waals surface area contributed by atoms with Crippen LogP contribution in [0, 0.1) is 6.92 Å². The summed E-state index contributed by atoms with van der Waals surface area (Å²) in [5, 5.41) is 0. The molecular weight excluding hydrogens is 362 g/mol. The van der Waals surface area contributed by atoms with E-state index in [1.54, 1.807) is 18.5 Å². The van der Waals surface area contributed by atoms with E-state index < -0.39 is 5.60 Å². The van der Waals surface area contributed by atoms with E-state index in [1.165, 1.54) is 0 Å². The molecule has 0 spiro atoms. The zero-order valence-electron chi connectivity index (χ0n) is 17.4. The molecule has 3 aromatic rings. The van der Waals surface area contributed by atoms with Gasteiger partial charge in [-0.3, -0.25) is 4.98 Å². The molecule has 5 nitrogen and oxygen atoms in total. The number of benzene rings is 2. The van der Waals surface area contributed by atoms with E-state index in [2.05, 4.69) is 35.0 Å². The molecule has 1 aromatic heterocycles. The number of ether oxygens (including phenoxy) is 1. The van der Waals surface area contributed by atoms with E-state index in [9.17, 15) is 4.79 Å². The Bertz CT molecular complexity index is 1070. The van der Waals surface area contributed by atoms with Crippen LogP contribution in [0.5, 0.6) is 0 Å². The van der Waals surface area contributed by atoms with Crippen molar-refractivity contribution in [2.75, 3.05) is 38.0 Å². The molecule has 0 fully saturated rings. The minimum Gasteiger partial charge on any atom is -0.441 e. The molecule has 5 heteroatoms. The second-order valence-corrected chi connectivity index (χ2v) is 7.83. The number of carbonyl (C=O) groups is 1. The van der Waals surface area contributed by atoms with Crippen molar-refractivity contribution in [2.45, 2.75) is 12.5 Å². The van der Waals surface area contributed by atoms with Crippen LogP contribution in [0.4, 0.5) is 11.4 Å². The zero-order chi connectivity index (χ0) is 20.8. The first-order valence-electron chi connectivity index (χ1n) is 9.58. The summed E-state index contributed by atoms with van der Waals surface area (Å²) in [6.45, 7) is 2.06. The first-order chi connectivity index (χ1) is 13.8. The molecule has 2 aromatic carbocycles. The van der Waals surface area contributed by atoms with Crippen LogP contribution < -0.4 is 9.80 Å². The summed E-state index contributed by atoms with van der Waals surface area (Å²) < 4.78 is 6.17. The smallest absolute Gasteiger partial charge is 0.340 e. The minimum absolute atomic E-state index is 0.324. The lowest BCUT2D eigenvalue weighted by molar-refractivity contribution is 0.0249. The minimum atomic E-state index is -1.01. The lowest BCUT2D eigenvalue weighted by Crippen LogP contribution is -2.30. The number of aromatic nitrogens is 1. The number of esters is 1. The van der Waals surface area contributed by atoms with Gasteiger partial charge >= 0.3 is 5.97 Å². The molecule has 1 aliphatic rings. The molecule has 4 rings (SSSR count). The molecule has 1 unspecified atom stereocenters. The third kappa shape index (κ3) is 2.94. The van der Waals surface area contributed by atoms with Crippen LogP contribution >= 0.6 is 0 Å². The summed E-state index contributed by atoms with van der Waals surface area (Å²) in [7, 11) is 8.03. The molecule has 0 radical (unpaired) electrons. The van der Waals surface area contributed by atoms with Crippen LogP contribution in [0.2, 0.25) is 0 Å². The Balaban J connectivity index is 1.99. The van der Waals surface area contributed by atoms with E-state index in [0.717, 1.165) is 33.6 Å². The molecule has 1 aliphatic heterocycles. The Morgan fingerprint density at radius 2 is 1.52 bits per heavy atom. The Kier molecular flexibility index (Phi) is 4.53. The monoisotopic (exact) mass is 387 g/mol. The average Bonchev–Trinajstić information content (AvgIpc) is 3.01. The first-order valence-corrected chi connectivity index (χ1v) is 9.58. The topological polar surface area (TPSA) is 45.7 Å². The van der Waals surface area contributed by atoms with Crippen molar-refractivity contribution in [3.8, 4) is 0 Å². The SMILES string of the molecule is Cc1cc(N(C)C)ccc1C1(c2ccc(N(C)C)cc2)OC(=O)c2ccncc21. The van der Waals surface area contributed by atoms with Crippen molar-refractivity contribution in [3.63, 3.8) is 0 Å². The molecule has 0 bridgehead atoms. The Morgan fingerprint density at radius 1 is 0.862 bits per heavy atom. The van der Waals surface area contributed by atoms with Crippen LogP contribution in [0.25, 0.3) is 0 Å². The van der Waals surface area contributed by atoms with Gasteiger partial charge in [-0.2, -0.15) is 0 Å². The number of hydrogen-bond donors (Lipinski definition) is 0. The van der Waals surface area contributed by atoms with Gasteiger partial charge < -0.3 is 14.5 Å². The molecule has 0 saturated heterocycles. The fraction of sp³-hybridized carbons (Fsp3) is 0.250. The third-order valence-corrected chi connectivity index (χ3v) is 5.56. The van der Waals surface area contributed by atoms with Crippen molar-refractivity contribution in [3.05, 3.63) is 88.7 Å². The summed E-state index contributed by atoms with van der Waals surface area (Å²) in [6, 6.07) is 16.1. The predicted octanol–water partition coefficient (Wildman–Crippen LogP) is 3.98. The van der Waals surface area contributed by atoms with Crippen LogP contribution in [0.3, 0.4) is 0 Å². The molecule has 0 amide bonds. The zero-order valence-corrected chi connectivity index (χ0v) is 17.4. The van der Waals surface area contributed by atoms with Crippen LogP contribution in [0.15, 0.2) is 60.9 Å². The van der Waals surface area contributed by atoms with Crippen LogP contribution in [0.1, 0.15) is 32.6 Å². The predicted molar refractivity (Wildman–Crippen MR) is 116 cm³/mol. The number of rotatable bonds is 4. The molecular formula is C24H25N3O2. The number of hydrogen-bond acceptors (Lipinski definition) is 5. The lowest BCUT2D eigenvalue weighted by atomic mass is 9.78. The molecule has 0 saturated carbocycles. The third-order valence-electron chi connectivity index (χ3n) is 5.56. The van der Waals surface area contributed by atoms with Crippen LogP contribution in [-0.2, 0) is 10.3 Å². The van der Waals surface area contributed by atoms with Gasteiger partial charge in [0.15, 0.2) is 5.60 Å². The maximum atomic E-state index is 12.8. The molecule has 29 heavy (non-hydrogen) atoms. The van der Waals surface area contributed by atoms with E-state index in [-0.39, 0.29) is 5.97 Å². The largest absolute Gasteiger partial charge is 0.441 e. The highest BCUT2D eigenvalue weighted by atomic mass is 16.6. The van der Waals surface area contributed by atoms with E-state index in [4.69, 9.17) is 4.74 Å². The number of aryl methyl sites for hydroxylation is 1. The lowest BCUT2D eigenvalue weighted by Gasteiger charge is -2.32. The maximum absolute atomic E-state index is 12.8. The van der Waals surface area contributed by atoms with E-state index >= 15 is 0 Å². The second kappa shape index (κ2) is 6.92. The van der Waals surface area contributed by atoms with Gasteiger partial charge in [0.25, 0.3) is 0 Å². The summed E-state index contributed by atoms with van der Waals surface area (Å²) in [5.74, 6) is -0.324. The number of pyridine rings is 1. The average molecular weight is 387 g/mol. The van der Waals surface area contributed by atoms with Crippen molar-refractivity contribution >= 4 is 17.3 Å². The Morgan fingerprint density at radius 3 is 2.14 bits per heavy atom. The standard InChI is InChI=1S/C24H25N3O2/c1-16-14-19(27(4)5)10-11-21(16)24(17-6-8-18(9-7-17)26(2)3)22-15-25-13-12-20(22)23(28)29-24/h6-15H,1-5H3. The second-order valence-electron chi connectivity index (χ2n) is 7.83. The van der Waals surface area contributed by atoms with Gasteiger partial charge in [0, 0.05) is 68.6 Å². The van der Waals surface area contributed by atoms with Gasteiger partial charge in [0.2, 0.25) is 0 Å². The summed E-state index contributed by atoms with van der Waals surface area (Å²) in [6.07, 6.45) is 3.38. The number of fused-ring (bicyclic) bond motifs is 1. The summed E-state index contributed by atoms with van der Waals surface area (Å²) in [4.78, 5) is 21.2. The molecule has 1 atom stereocenters. The van der Waals surface area contributed by atoms with Crippen LogP contribution in [-0.4, -0.2) is 39.1 Å². The van der Waals surface area contributed by atoms with Gasteiger partial charge in [-0.15, -0.1) is 0 Å². The highest BCUT2D eigenvalue weighted by molar-refractivity contribution is 5.96. The Labute approximate surface area is 171 Å². The maximum Gasteiger partial charge on any atom is 0.340 e. The van der Waals surface area contributed by atoms with E-state index in [0.29, 0.717) is 5.56 Å². The van der Waals surface area contributed by atoms with Gasteiger partial charge in [-0.25, -0.2) is 4.79 Å². The van der Waals surface area contributed by atoms with E-state index in [1.807, 2.05) is 57.4 Å². The molecule has 0 N–H and O–H groups in total. The Hall–Kier alpha value is -3.34. The van der Waals surface area contributed by atoms with Gasteiger partial charge in [-0.1, -0.05) is 18.2 Å². The number of anilines is 2. The van der Waals surface area contributed by atoms with Gasteiger partial charge in [0.1, 0.15) is 0 Å². The van der Waals surface area contributed by atoms with Crippen molar-refractivity contribution in [1.82, 2.24) is 4.98 Å². The summed E-state index contributed by atoms with van der Waals surface area (Å²) >= 11 is 0. The highest BCUT2D eigenvalue weighted by Gasteiger charge is 2.49. The fourth-order valence-corrected chi connectivity index (χ4v) is 3.99. The number of cyclic esters (lactones) is 1. The molecule has 2 heterocycles. The number of nitrogens with zero attached hydrogens (tertiary/aromatic N) is 3. The van der Waals surface area contributed by atoms with Crippen molar-refractivity contribution in [1.29, 1.82) is 0 Å². The first kappa shape index (κ1) is 19.0. The quantitative estimate of drug-likeness (QED) is 0.634. The van der Waals surface area contributed by atoms with Crippen molar-refractivity contribution < 1.29 is 9.53 Å². The van der Waals surface area contributed by atoms with Gasteiger partial charge in [0.05, 0.1) is 5.56 Å². The van der Waals surface area contributed by atoms with Gasteiger partial charge in [-0.05, 0) is 42.8 Å².